The summed E-state index contributed by atoms with van der Waals surface area (Å²) in [5.74, 6) is -4.74. The molecule has 2 N–H and O–H groups in total. The van der Waals surface area contributed by atoms with E-state index in [2.05, 4.69) is 16.4 Å². The fourth-order valence-corrected chi connectivity index (χ4v) is 5.93. The highest BCUT2D eigenvalue weighted by atomic mass is 19.3. The highest BCUT2D eigenvalue weighted by molar-refractivity contribution is 5.76. The number of aromatic nitrogens is 1. The van der Waals surface area contributed by atoms with Crippen molar-refractivity contribution in [1.29, 1.82) is 0 Å². The van der Waals surface area contributed by atoms with E-state index in [1.807, 2.05) is 13.0 Å². The Balaban J connectivity index is 1.18. The number of nitrogens with one attached hydrogen (secondary N) is 1. The molecule has 0 saturated carbocycles. The average molecular weight is 562 g/mol. The van der Waals surface area contributed by atoms with Crippen LogP contribution in [0.2, 0.25) is 0 Å². The van der Waals surface area contributed by atoms with Gasteiger partial charge in [-0.2, -0.15) is 0 Å². The van der Waals surface area contributed by atoms with E-state index in [9.17, 15) is 14.3 Å². The van der Waals surface area contributed by atoms with E-state index in [-0.39, 0.29) is 43.7 Å². The number of ether oxygens (including phenoxy) is 2. The fraction of sp³-hybridized carbons (Fsp3) is 0.600. The minimum absolute atomic E-state index is 0.0651. The van der Waals surface area contributed by atoms with Gasteiger partial charge in [-0.05, 0) is 75.3 Å². The van der Waals surface area contributed by atoms with Crippen LogP contribution in [-0.2, 0) is 33.7 Å². The molecular weight excluding hydrogens is 523 g/mol. The van der Waals surface area contributed by atoms with Crippen molar-refractivity contribution in [3.05, 3.63) is 58.5 Å². The van der Waals surface area contributed by atoms with E-state index >= 15 is 8.78 Å². The second kappa shape index (κ2) is 12.0. The molecule has 218 valence electrons. The van der Waals surface area contributed by atoms with Crippen molar-refractivity contribution in [1.82, 2.24) is 9.88 Å². The van der Waals surface area contributed by atoms with Crippen molar-refractivity contribution in [2.75, 3.05) is 38.2 Å². The summed E-state index contributed by atoms with van der Waals surface area (Å²) in [7, 11) is 0. The summed E-state index contributed by atoms with van der Waals surface area (Å²) >= 11 is 0. The number of pyridine rings is 1. The number of benzene rings is 1. The summed E-state index contributed by atoms with van der Waals surface area (Å²) in [6, 6.07) is 7.09. The third-order valence-electron chi connectivity index (χ3n) is 8.39. The summed E-state index contributed by atoms with van der Waals surface area (Å²) in [5, 5.41) is 13.4. The first-order chi connectivity index (χ1) is 19.2. The number of hydrogen-bond donors (Lipinski definition) is 2. The van der Waals surface area contributed by atoms with Gasteiger partial charge in [0.25, 0.3) is 5.92 Å². The lowest BCUT2D eigenvalue weighted by atomic mass is 9.94. The van der Waals surface area contributed by atoms with Gasteiger partial charge in [-0.3, -0.25) is 9.69 Å². The number of halogens is 3. The molecule has 0 aliphatic carbocycles. The lowest BCUT2D eigenvalue weighted by molar-refractivity contribution is -0.205. The van der Waals surface area contributed by atoms with Crippen molar-refractivity contribution in [2.45, 2.75) is 76.0 Å². The number of carbonyl (C=O) groups is 1. The Morgan fingerprint density at radius 1 is 1.30 bits per heavy atom. The molecule has 10 heteroatoms. The minimum Gasteiger partial charge on any atom is -0.480 e. The lowest BCUT2D eigenvalue weighted by Gasteiger charge is -2.38. The number of unbranched alkanes of at least 4 members (excludes halogenated alkanes) is 1. The van der Waals surface area contributed by atoms with Crippen LogP contribution in [0.1, 0.15) is 67.5 Å². The first-order valence-corrected chi connectivity index (χ1v) is 14.2. The Morgan fingerprint density at radius 3 is 2.88 bits per heavy atom. The molecule has 7 nitrogen and oxygen atoms in total. The predicted octanol–water partition coefficient (Wildman–Crippen LogP) is 5.38. The van der Waals surface area contributed by atoms with Crippen molar-refractivity contribution in [3.63, 3.8) is 0 Å². The van der Waals surface area contributed by atoms with Crippen LogP contribution in [0.5, 0.6) is 0 Å². The van der Waals surface area contributed by atoms with E-state index in [1.165, 1.54) is 22.6 Å². The third-order valence-corrected chi connectivity index (χ3v) is 8.39. The Kier molecular flexibility index (Phi) is 8.68. The van der Waals surface area contributed by atoms with Gasteiger partial charge in [-0.1, -0.05) is 18.2 Å². The first-order valence-electron chi connectivity index (χ1n) is 14.2. The number of alkyl halides is 2. The third kappa shape index (κ3) is 6.44. The maximum Gasteiger partial charge on any atom is 0.325 e. The summed E-state index contributed by atoms with van der Waals surface area (Å²) in [6.07, 6.45) is 3.61. The molecule has 0 bridgehead atoms. The number of likely N-dealkylation sites (tertiary alicyclic amines) is 1. The van der Waals surface area contributed by atoms with Gasteiger partial charge in [0, 0.05) is 36.7 Å². The zero-order valence-electron chi connectivity index (χ0n) is 22.9. The molecule has 0 amide bonds. The molecule has 4 heterocycles. The molecular formula is C30H38F3N3O4. The maximum atomic E-state index is 15.3. The number of fused-ring (bicyclic) bond motifs is 1. The van der Waals surface area contributed by atoms with Gasteiger partial charge in [0.05, 0.1) is 19.8 Å². The van der Waals surface area contributed by atoms with Crippen LogP contribution in [0.3, 0.4) is 0 Å². The van der Waals surface area contributed by atoms with Gasteiger partial charge in [-0.25, -0.2) is 18.2 Å². The molecule has 1 aromatic carbocycles. The zero-order chi connectivity index (χ0) is 28.3. The summed E-state index contributed by atoms with van der Waals surface area (Å²) in [5.41, 5.74) is 1.94. The summed E-state index contributed by atoms with van der Waals surface area (Å²) in [4.78, 5) is 18.6. The number of hydrogen-bond acceptors (Lipinski definition) is 6. The van der Waals surface area contributed by atoms with E-state index in [0.717, 1.165) is 30.9 Å². The summed E-state index contributed by atoms with van der Waals surface area (Å²) in [6.45, 7) is 3.52. The van der Waals surface area contributed by atoms with Crippen LogP contribution >= 0.6 is 0 Å². The minimum atomic E-state index is -2.92. The molecule has 40 heavy (non-hydrogen) atoms. The van der Waals surface area contributed by atoms with Crippen molar-refractivity contribution in [2.24, 2.45) is 5.92 Å². The molecule has 2 atom stereocenters. The van der Waals surface area contributed by atoms with Gasteiger partial charge >= 0.3 is 5.97 Å². The molecule has 0 spiro atoms. The van der Waals surface area contributed by atoms with Crippen molar-refractivity contribution in [3.8, 4) is 0 Å². The van der Waals surface area contributed by atoms with Gasteiger partial charge in [0.15, 0.2) is 0 Å². The van der Waals surface area contributed by atoms with Gasteiger partial charge < -0.3 is 19.9 Å². The second-order valence-corrected chi connectivity index (χ2v) is 11.6. The fourth-order valence-electron chi connectivity index (χ4n) is 5.93. The normalized spacial score (nSPS) is 21.4. The van der Waals surface area contributed by atoms with Gasteiger partial charge in [0.2, 0.25) is 0 Å². The second-order valence-electron chi connectivity index (χ2n) is 11.6. The highest BCUT2D eigenvalue weighted by Gasteiger charge is 2.46. The molecule has 3 aliphatic rings. The molecule has 2 fully saturated rings. The Morgan fingerprint density at radius 2 is 2.12 bits per heavy atom. The van der Waals surface area contributed by atoms with Gasteiger partial charge in [0.1, 0.15) is 23.3 Å². The number of rotatable bonds is 12. The number of carboxylic acid groups (broad SMARTS) is 1. The van der Waals surface area contributed by atoms with Crippen LogP contribution in [0.4, 0.5) is 19.0 Å². The van der Waals surface area contributed by atoms with Crippen LogP contribution in [0.15, 0.2) is 30.3 Å². The van der Waals surface area contributed by atoms with E-state index in [0.29, 0.717) is 32.5 Å². The highest BCUT2D eigenvalue weighted by Crippen LogP contribution is 2.40. The first kappa shape index (κ1) is 28.8. The SMILES string of the molecule is CC1(OCc2c(F)cccc2C(C(=O)O)N2CC[C@@H](C(F)(F)CCCCc3ccc4c(n3)NCCC4)C2)COC1. The standard InChI is InChI=1S/C30H38F3N3O4/c1-29(18-39-19-29)40-17-24-23(8-4-9-25(24)31)26(28(37)38)36-15-12-21(16-36)30(32,33)13-3-2-7-22-11-10-20-6-5-14-34-27(20)35-22/h4,8-11,21,26H,2-3,5-7,12-19H2,1H3,(H,34,35)(H,37,38)/t21-,26?/m1/s1. The van der Waals surface area contributed by atoms with Gasteiger partial charge in [-0.15, -0.1) is 0 Å². The molecule has 5 rings (SSSR count). The number of aliphatic carboxylic acids is 1. The molecule has 2 saturated heterocycles. The largest absolute Gasteiger partial charge is 0.480 e. The monoisotopic (exact) mass is 561 g/mol. The Labute approximate surface area is 233 Å². The van der Waals surface area contributed by atoms with Crippen molar-refractivity contribution < 1.29 is 32.5 Å². The Bertz CT molecular complexity index is 1210. The molecule has 3 aliphatic heterocycles. The number of carboxylic acids is 1. The van der Waals surface area contributed by atoms with Crippen molar-refractivity contribution >= 4 is 11.8 Å². The van der Waals surface area contributed by atoms with Crippen LogP contribution in [-0.4, -0.2) is 65.3 Å². The topological polar surface area (TPSA) is 83.9 Å². The molecule has 1 aromatic heterocycles. The van der Waals surface area contributed by atoms with Crippen LogP contribution < -0.4 is 5.32 Å². The number of nitrogens with zero attached hydrogens (tertiary/aromatic N) is 2. The van der Waals surface area contributed by atoms with E-state index < -0.39 is 35.3 Å². The smallest absolute Gasteiger partial charge is 0.325 e. The maximum absolute atomic E-state index is 15.3. The predicted molar refractivity (Wildman–Crippen MR) is 144 cm³/mol. The van der Waals surface area contributed by atoms with Crippen LogP contribution in [0.25, 0.3) is 0 Å². The van der Waals surface area contributed by atoms with E-state index in [1.54, 1.807) is 6.07 Å². The average Bonchev–Trinajstić information content (AvgIpc) is 3.40. The lowest BCUT2D eigenvalue weighted by Crippen LogP contribution is -2.49. The quantitative estimate of drug-likeness (QED) is 0.337. The number of anilines is 1. The molecule has 1 unspecified atom stereocenters. The van der Waals surface area contributed by atoms with E-state index in [4.69, 9.17) is 9.47 Å². The summed E-state index contributed by atoms with van der Waals surface area (Å²) < 4.78 is 56.4. The zero-order valence-corrected chi connectivity index (χ0v) is 22.9. The molecule has 2 aromatic rings. The molecule has 0 radical (unpaired) electrons. The number of aryl methyl sites for hydroxylation is 2. The Hall–Kier alpha value is -2.69. The van der Waals surface area contributed by atoms with Crippen LogP contribution in [0, 0.1) is 11.7 Å².